The minimum Gasteiger partial charge on any atom is -0.469 e. The van der Waals surface area contributed by atoms with E-state index in [0.717, 1.165) is 5.56 Å². The second-order valence-corrected chi connectivity index (χ2v) is 4.80. The fourth-order valence-corrected chi connectivity index (χ4v) is 2.00. The molecule has 0 fully saturated rings. The van der Waals surface area contributed by atoms with Gasteiger partial charge in [0.25, 0.3) is 0 Å². The topological polar surface area (TPSA) is 58.6 Å². The van der Waals surface area contributed by atoms with Gasteiger partial charge in [-0.25, -0.2) is 4.39 Å². The molecule has 20 heavy (non-hydrogen) atoms. The van der Waals surface area contributed by atoms with Crippen molar-refractivity contribution in [3.8, 4) is 0 Å². The van der Waals surface area contributed by atoms with Crippen LogP contribution in [0.25, 0.3) is 0 Å². The number of aryl methyl sites for hydroxylation is 1. The van der Waals surface area contributed by atoms with Gasteiger partial charge < -0.3 is 15.2 Å². The van der Waals surface area contributed by atoms with Crippen molar-refractivity contribution in [2.45, 2.75) is 32.2 Å². The fraction of sp³-hybridized carbons (Fsp3) is 0.533. The first-order chi connectivity index (χ1) is 9.56. The summed E-state index contributed by atoms with van der Waals surface area (Å²) < 4.78 is 17.9. The molecule has 1 aromatic carbocycles. The van der Waals surface area contributed by atoms with E-state index in [4.69, 9.17) is 5.11 Å². The van der Waals surface area contributed by atoms with Crippen LogP contribution in [0.5, 0.6) is 0 Å². The number of halogens is 1. The third kappa shape index (κ3) is 5.67. The van der Waals surface area contributed by atoms with Gasteiger partial charge in [-0.3, -0.25) is 4.79 Å². The lowest BCUT2D eigenvalue weighted by molar-refractivity contribution is -0.141. The average molecular weight is 283 g/mol. The number of esters is 1. The van der Waals surface area contributed by atoms with Crippen molar-refractivity contribution >= 4 is 5.97 Å². The Hall–Kier alpha value is -1.46. The zero-order valence-corrected chi connectivity index (χ0v) is 12.0. The lowest BCUT2D eigenvalue weighted by Gasteiger charge is -2.18. The molecule has 2 N–H and O–H groups in total. The summed E-state index contributed by atoms with van der Waals surface area (Å²) >= 11 is 0. The van der Waals surface area contributed by atoms with Gasteiger partial charge in [-0.05, 0) is 43.5 Å². The average Bonchev–Trinajstić information content (AvgIpc) is 2.43. The second-order valence-electron chi connectivity index (χ2n) is 4.80. The van der Waals surface area contributed by atoms with Crippen molar-refractivity contribution < 1.29 is 19.0 Å². The Morgan fingerprint density at radius 3 is 2.85 bits per heavy atom. The summed E-state index contributed by atoms with van der Waals surface area (Å²) in [5, 5.41) is 12.0. The highest BCUT2D eigenvalue weighted by molar-refractivity contribution is 5.70. The van der Waals surface area contributed by atoms with Crippen molar-refractivity contribution in [2.24, 2.45) is 0 Å². The molecule has 0 saturated heterocycles. The molecule has 0 aromatic heterocycles. The smallest absolute Gasteiger partial charge is 0.307 e. The first-order valence-corrected chi connectivity index (χ1v) is 6.73. The van der Waals surface area contributed by atoms with E-state index >= 15 is 0 Å². The maximum Gasteiger partial charge on any atom is 0.307 e. The van der Waals surface area contributed by atoms with Gasteiger partial charge in [0.1, 0.15) is 5.82 Å². The summed E-state index contributed by atoms with van der Waals surface area (Å²) in [6, 6.07) is 4.86. The molecule has 0 aliphatic heterocycles. The first-order valence-electron chi connectivity index (χ1n) is 6.73. The largest absolute Gasteiger partial charge is 0.469 e. The minimum atomic E-state index is -0.287. The summed E-state index contributed by atoms with van der Waals surface area (Å²) in [7, 11) is 1.36. The molecule has 0 aliphatic rings. The van der Waals surface area contributed by atoms with E-state index in [-0.39, 0.29) is 30.9 Å². The predicted molar refractivity (Wildman–Crippen MR) is 75.0 cm³/mol. The molecule has 1 atom stereocenters. The van der Waals surface area contributed by atoms with Crippen molar-refractivity contribution in [1.82, 2.24) is 5.32 Å². The van der Waals surface area contributed by atoms with Gasteiger partial charge in [-0.2, -0.15) is 0 Å². The second kappa shape index (κ2) is 8.66. The van der Waals surface area contributed by atoms with Crippen LogP contribution in [0.1, 0.15) is 24.0 Å². The number of carbonyl (C=O) groups is 1. The lowest BCUT2D eigenvalue weighted by Crippen LogP contribution is -2.34. The number of aliphatic hydroxyl groups excluding tert-OH is 1. The van der Waals surface area contributed by atoms with Gasteiger partial charge in [-0.1, -0.05) is 12.1 Å². The monoisotopic (exact) mass is 283 g/mol. The molecular formula is C15H22FNO3. The molecule has 0 bridgehead atoms. The minimum absolute atomic E-state index is 0.0844. The molecule has 0 heterocycles. The quantitative estimate of drug-likeness (QED) is 0.562. The van der Waals surface area contributed by atoms with Crippen LogP contribution in [0.15, 0.2) is 18.2 Å². The molecule has 4 nitrogen and oxygen atoms in total. The Morgan fingerprint density at radius 2 is 2.25 bits per heavy atom. The Morgan fingerprint density at radius 1 is 1.50 bits per heavy atom. The van der Waals surface area contributed by atoms with Crippen LogP contribution in [-0.4, -0.2) is 37.4 Å². The highest BCUT2D eigenvalue weighted by Gasteiger charge is 2.15. The SMILES string of the molecule is COC(=O)CC(Cc1ccc(F)c(C)c1)NCCCO. The number of aliphatic hydroxyl groups is 1. The molecule has 1 aromatic rings. The van der Waals surface area contributed by atoms with Gasteiger partial charge in [0.05, 0.1) is 13.5 Å². The molecule has 5 heteroatoms. The van der Waals surface area contributed by atoms with Crippen molar-refractivity contribution in [2.75, 3.05) is 20.3 Å². The molecular weight excluding hydrogens is 261 g/mol. The number of hydrogen-bond donors (Lipinski definition) is 2. The van der Waals surface area contributed by atoms with Crippen molar-refractivity contribution in [3.05, 3.63) is 35.1 Å². The van der Waals surface area contributed by atoms with Crippen LogP contribution in [0.2, 0.25) is 0 Å². The van der Waals surface area contributed by atoms with Gasteiger partial charge >= 0.3 is 5.97 Å². The number of nitrogens with one attached hydrogen (secondary N) is 1. The number of benzene rings is 1. The van der Waals surface area contributed by atoms with E-state index in [1.165, 1.54) is 13.2 Å². The Labute approximate surface area is 119 Å². The van der Waals surface area contributed by atoms with Crippen LogP contribution in [0, 0.1) is 12.7 Å². The molecule has 112 valence electrons. The number of rotatable bonds is 8. The van der Waals surface area contributed by atoms with Crippen LogP contribution >= 0.6 is 0 Å². The van der Waals surface area contributed by atoms with E-state index in [1.54, 1.807) is 19.1 Å². The Bertz CT molecular complexity index is 437. The lowest BCUT2D eigenvalue weighted by atomic mass is 10.0. The third-order valence-corrected chi connectivity index (χ3v) is 3.11. The number of carbonyl (C=O) groups excluding carboxylic acids is 1. The zero-order chi connectivity index (χ0) is 15.0. The van der Waals surface area contributed by atoms with Crippen LogP contribution in [0.4, 0.5) is 4.39 Å². The molecule has 0 saturated carbocycles. The summed E-state index contributed by atoms with van der Waals surface area (Å²) in [5.41, 5.74) is 1.56. The van der Waals surface area contributed by atoms with Gasteiger partial charge in [-0.15, -0.1) is 0 Å². The fourth-order valence-electron chi connectivity index (χ4n) is 2.00. The molecule has 0 spiro atoms. The zero-order valence-electron chi connectivity index (χ0n) is 12.0. The van der Waals surface area contributed by atoms with E-state index in [9.17, 15) is 9.18 Å². The molecule has 1 rings (SSSR count). The van der Waals surface area contributed by atoms with Crippen LogP contribution in [-0.2, 0) is 16.0 Å². The molecule has 0 amide bonds. The van der Waals surface area contributed by atoms with Crippen molar-refractivity contribution in [3.63, 3.8) is 0 Å². The summed E-state index contributed by atoms with van der Waals surface area (Å²) in [6.45, 7) is 2.44. The van der Waals surface area contributed by atoms with Gasteiger partial charge in [0.15, 0.2) is 0 Å². The number of hydrogen-bond acceptors (Lipinski definition) is 4. The number of ether oxygens (including phenoxy) is 1. The molecule has 0 radical (unpaired) electrons. The van der Waals surface area contributed by atoms with Gasteiger partial charge in [0.2, 0.25) is 0 Å². The van der Waals surface area contributed by atoms with E-state index in [2.05, 4.69) is 10.1 Å². The van der Waals surface area contributed by atoms with Crippen LogP contribution in [0.3, 0.4) is 0 Å². The van der Waals surface area contributed by atoms with E-state index in [1.807, 2.05) is 0 Å². The first kappa shape index (κ1) is 16.6. The highest BCUT2D eigenvalue weighted by Crippen LogP contribution is 2.12. The normalized spacial score (nSPS) is 12.2. The van der Waals surface area contributed by atoms with Gasteiger partial charge in [0, 0.05) is 12.6 Å². The predicted octanol–water partition coefficient (Wildman–Crippen LogP) is 1.58. The van der Waals surface area contributed by atoms with Crippen LogP contribution < -0.4 is 5.32 Å². The molecule has 0 aliphatic carbocycles. The summed E-state index contributed by atoms with van der Waals surface area (Å²) in [4.78, 5) is 11.4. The highest BCUT2D eigenvalue weighted by atomic mass is 19.1. The molecule has 1 unspecified atom stereocenters. The Kier molecular flexibility index (Phi) is 7.18. The summed E-state index contributed by atoms with van der Waals surface area (Å²) in [5.74, 6) is -0.517. The maximum absolute atomic E-state index is 13.2. The van der Waals surface area contributed by atoms with E-state index in [0.29, 0.717) is 24.9 Å². The Balaban J connectivity index is 2.66. The third-order valence-electron chi connectivity index (χ3n) is 3.11. The van der Waals surface area contributed by atoms with E-state index < -0.39 is 0 Å². The number of methoxy groups -OCH3 is 1. The van der Waals surface area contributed by atoms with Crippen molar-refractivity contribution in [1.29, 1.82) is 0 Å². The maximum atomic E-state index is 13.2. The summed E-state index contributed by atoms with van der Waals surface area (Å²) in [6.07, 6.45) is 1.49. The standard InChI is InChI=1S/C15H22FNO3/c1-11-8-12(4-5-14(11)16)9-13(10-15(19)20-2)17-6-3-7-18/h4-5,8,13,17-18H,3,6-7,9-10H2,1-2H3.